The Kier molecular flexibility index (Phi) is 6.14. The Morgan fingerprint density at radius 2 is 1.71 bits per heavy atom. The zero-order valence-corrected chi connectivity index (χ0v) is 17.4. The van der Waals surface area contributed by atoms with E-state index in [1.54, 1.807) is 18.2 Å². The van der Waals surface area contributed by atoms with Gasteiger partial charge in [-0.3, -0.25) is 9.59 Å². The minimum absolute atomic E-state index is 0.0633. The van der Waals surface area contributed by atoms with Crippen LogP contribution in [0.25, 0.3) is 6.08 Å². The molecule has 2 amide bonds. The second-order valence-corrected chi connectivity index (χ2v) is 7.70. The average Bonchev–Trinajstić information content (AvgIpc) is 3.21. The van der Waals surface area contributed by atoms with Crippen molar-refractivity contribution in [3.8, 4) is 0 Å². The van der Waals surface area contributed by atoms with E-state index in [9.17, 15) is 14.0 Å². The predicted molar refractivity (Wildman–Crippen MR) is 120 cm³/mol. The third-order valence-corrected chi connectivity index (χ3v) is 5.61. The van der Waals surface area contributed by atoms with Crippen LogP contribution in [0.2, 0.25) is 0 Å². The van der Waals surface area contributed by atoms with Gasteiger partial charge in [0.15, 0.2) is 0 Å². The van der Waals surface area contributed by atoms with E-state index < -0.39 is 0 Å². The topological polar surface area (TPSA) is 49.4 Å². The molecule has 0 aromatic heterocycles. The van der Waals surface area contributed by atoms with Crippen LogP contribution >= 0.6 is 11.8 Å². The summed E-state index contributed by atoms with van der Waals surface area (Å²) < 4.78 is 14.2. The van der Waals surface area contributed by atoms with Crippen molar-refractivity contribution < 1.29 is 14.0 Å². The molecule has 0 aliphatic heterocycles. The largest absolute Gasteiger partial charge is 0.349 e. The average molecular weight is 435 g/mol. The number of nitrogens with one attached hydrogen (secondary N) is 1. The first-order valence-electron chi connectivity index (χ1n) is 9.91. The Hall–Kier alpha value is -3.44. The van der Waals surface area contributed by atoms with Crippen LogP contribution in [0.1, 0.15) is 27.0 Å². The van der Waals surface area contributed by atoms with Crippen molar-refractivity contribution in [2.24, 2.45) is 0 Å². The number of benzene rings is 3. The number of para-hydroxylation sites is 1. The van der Waals surface area contributed by atoms with Crippen molar-refractivity contribution in [2.75, 3.05) is 4.42 Å². The van der Waals surface area contributed by atoms with Crippen molar-refractivity contribution in [1.29, 1.82) is 0 Å². The molecule has 3 aromatic rings. The van der Waals surface area contributed by atoms with Gasteiger partial charge in [-0.25, -0.2) is 8.81 Å². The molecule has 1 aliphatic rings. The number of hydrogen-bond donors (Lipinski definition) is 1. The van der Waals surface area contributed by atoms with Crippen molar-refractivity contribution >= 4 is 35.4 Å². The number of anilines is 1. The lowest BCUT2D eigenvalue weighted by Crippen LogP contribution is -2.35. The molecular weight excluding hydrogens is 415 g/mol. The summed E-state index contributed by atoms with van der Waals surface area (Å²) in [6.07, 6.45) is 4.55. The number of amides is 2. The van der Waals surface area contributed by atoms with Crippen LogP contribution in [0.15, 0.2) is 78.9 Å². The van der Waals surface area contributed by atoms with Gasteiger partial charge >= 0.3 is 0 Å². The number of fused-ring (bicyclic) bond motifs is 1. The molecule has 4 rings (SSSR count). The number of hydrogen-bond acceptors (Lipinski definition) is 2. The molecule has 0 spiro atoms. The normalized spacial score (nSPS) is 15.0. The molecule has 31 heavy (non-hydrogen) atoms. The summed E-state index contributed by atoms with van der Waals surface area (Å²) >= 11 is 6.15. The second-order valence-electron chi connectivity index (χ2n) is 7.36. The summed E-state index contributed by atoms with van der Waals surface area (Å²) in [5.74, 6) is -0.950. The Morgan fingerprint density at radius 3 is 2.45 bits per heavy atom. The molecule has 0 fully saturated rings. The zero-order valence-electron chi connectivity index (χ0n) is 16.6. The van der Waals surface area contributed by atoms with E-state index in [1.807, 2.05) is 36.4 Å². The van der Waals surface area contributed by atoms with E-state index >= 15 is 0 Å². The predicted octanol–water partition coefficient (Wildman–Crippen LogP) is 4.92. The van der Waals surface area contributed by atoms with Crippen molar-refractivity contribution in [3.05, 3.63) is 107 Å². The van der Waals surface area contributed by atoms with Gasteiger partial charge in [0, 0.05) is 29.5 Å². The van der Waals surface area contributed by atoms with E-state index in [0.29, 0.717) is 24.1 Å². The highest BCUT2D eigenvalue weighted by atomic mass is 35.5. The first kappa shape index (κ1) is 20.8. The Bertz CT molecular complexity index is 1130. The fraction of sp³-hybridized carbons (Fsp3) is 0.120. The second kappa shape index (κ2) is 9.14. The van der Waals surface area contributed by atoms with Crippen molar-refractivity contribution in [1.82, 2.24) is 5.32 Å². The Morgan fingerprint density at radius 1 is 0.968 bits per heavy atom. The number of nitrogens with zero attached hydrogens (tertiary/aromatic N) is 1. The highest BCUT2D eigenvalue weighted by molar-refractivity contribution is 6.38. The highest BCUT2D eigenvalue weighted by Crippen LogP contribution is 2.27. The molecule has 4 nitrogen and oxygen atoms in total. The van der Waals surface area contributed by atoms with Gasteiger partial charge in [-0.05, 0) is 72.0 Å². The molecular formula is C25H20ClFN2O2. The summed E-state index contributed by atoms with van der Waals surface area (Å²) in [7, 11) is 0. The van der Waals surface area contributed by atoms with Gasteiger partial charge < -0.3 is 5.32 Å². The lowest BCUT2D eigenvalue weighted by atomic mass is 10.0. The molecule has 156 valence electrons. The maximum absolute atomic E-state index is 13.1. The smallest absolute Gasteiger partial charge is 0.265 e. The van der Waals surface area contributed by atoms with Gasteiger partial charge in [-0.2, -0.15) is 0 Å². The Balaban J connectivity index is 1.44. The summed E-state index contributed by atoms with van der Waals surface area (Å²) in [5.41, 5.74) is 4.16. The quantitative estimate of drug-likeness (QED) is 0.457. The minimum Gasteiger partial charge on any atom is -0.349 e. The molecule has 0 bridgehead atoms. The van der Waals surface area contributed by atoms with Gasteiger partial charge in [-0.1, -0.05) is 36.4 Å². The minimum atomic E-state index is -0.376. The van der Waals surface area contributed by atoms with Crippen LogP contribution in [-0.2, 0) is 17.6 Å². The molecule has 1 aliphatic carbocycles. The molecule has 0 radical (unpaired) electrons. The number of carbonyl (C=O) groups excluding carboxylic acids is 2. The third kappa shape index (κ3) is 4.84. The fourth-order valence-electron chi connectivity index (χ4n) is 3.72. The number of rotatable bonds is 5. The Labute approximate surface area is 185 Å². The lowest BCUT2D eigenvalue weighted by molar-refractivity contribution is -0.113. The lowest BCUT2D eigenvalue weighted by Gasteiger charge is -2.12. The molecule has 0 saturated heterocycles. The van der Waals surface area contributed by atoms with E-state index in [0.717, 1.165) is 21.1 Å². The maximum atomic E-state index is 13.1. The van der Waals surface area contributed by atoms with Crippen LogP contribution in [-0.4, -0.2) is 17.9 Å². The molecule has 1 unspecified atom stereocenters. The summed E-state index contributed by atoms with van der Waals surface area (Å²) in [5, 5.41) is 3.01. The van der Waals surface area contributed by atoms with Gasteiger partial charge in [0.2, 0.25) is 0 Å². The van der Waals surface area contributed by atoms with E-state index in [-0.39, 0.29) is 23.7 Å². The standard InChI is InChI=1S/C25H20ClFN2O2/c26-29(22-7-2-1-3-8-22)24(30)14-11-17-5-4-6-19-15-21(16-23(17)19)28-25(31)18-9-12-20(27)13-10-18/h1-14,21H,15-16H2,(H,28,31). The summed E-state index contributed by atoms with van der Waals surface area (Å²) in [6.45, 7) is 0. The van der Waals surface area contributed by atoms with Crippen LogP contribution in [0.3, 0.4) is 0 Å². The van der Waals surface area contributed by atoms with Gasteiger partial charge in [0.05, 0.1) is 5.69 Å². The van der Waals surface area contributed by atoms with Crippen molar-refractivity contribution in [3.63, 3.8) is 0 Å². The van der Waals surface area contributed by atoms with Crippen LogP contribution in [0.5, 0.6) is 0 Å². The van der Waals surface area contributed by atoms with Crippen LogP contribution < -0.4 is 9.74 Å². The third-order valence-electron chi connectivity index (χ3n) is 5.25. The van der Waals surface area contributed by atoms with E-state index in [1.165, 1.54) is 30.3 Å². The molecule has 0 saturated carbocycles. The van der Waals surface area contributed by atoms with Crippen LogP contribution in [0, 0.1) is 5.82 Å². The molecule has 6 heteroatoms. The highest BCUT2D eigenvalue weighted by Gasteiger charge is 2.25. The molecule has 3 aromatic carbocycles. The van der Waals surface area contributed by atoms with Crippen LogP contribution in [0.4, 0.5) is 10.1 Å². The molecule has 1 atom stereocenters. The zero-order chi connectivity index (χ0) is 21.8. The molecule has 0 heterocycles. The van der Waals surface area contributed by atoms with Gasteiger partial charge in [-0.15, -0.1) is 0 Å². The molecule has 1 N–H and O–H groups in total. The maximum Gasteiger partial charge on any atom is 0.265 e. The monoisotopic (exact) mass is 434 g/mol. The van der Waals surface area contributed by atoms with Gasteiger partial charge in [0.1, 0.15) is 5.82 Å². The fourth-order valence-corrected chi connectivity index (χ4v) is 3.89. The van der Waals surface area contributed by atoms with Crippen molar-refractivity contribution in [2.45, 2.75) is 18.9 Å². The summed E-state index contributed by atoms with van der Waals surface area (Å²) in [6, 6.07) is 20.3. The first-order valence-corrected chi connectivity index (χ1v) is 10.3. The first-order chi connectivity index (χ1) is 15.0. The number of carbonyl (C=O) groups is 2. The number of halogens is 2. The van der Waals surface area contributed by atoms with E-state index in [2.05, 4.69) is 5.32 Å². The summed E-state index contributed by atoms with van der Waals surface area (Å²) in [4.78, 5) is 24.9. The SMILES string of the molecule is O=C(NC1Cc2cccc(C=CC(=O)N(Cl)c3ccccc3)c2C1)c1ccc(F)cc1. The van der Waals surface area contributed by atoms with E-state index in [4.69, 9.17) is 11.8 Å². The van der Waals surface area contributed by atoms with Gasteiger partial charge in [0.25, 0.3) is 11.8 Å².